The van der Waals surface area contributed by atoms with Gasteiger partial charge in [0.15, 0.2) is 5.69 Å². The summed E-state index contributed by atoms with van der Waals surface area (Å²) in [6.45, 7) is 3.62. The Morgan fingerprint density at radius 1 is 1.39 bits per heavy atom. The number of benzene rings is 1. The molecule has 0 radical (unpaired) electrons. The fourth-order valence-electron chi connectivity index (χ4n) is 1.94. The molecule has 0 atom stereocenters. The first-order chi connectivity index (χ1) is 10.9. The van der Waals surface area contributed by atoms with Gasteiger partial charge in [0.25, 0.3) is 5.56 Å². The number of carbonyl (C=O) groups excluding carboxylic acids is 1. The van der Waals surface area contributed by atoms with Crippen LogP contribution < -0.4 is 5.56 Å². The molecule has 23 heavy (non-hydrogen) atoms. The third kappa shape index (κ3) is 3.87. The van der Waals surface area contributed by atoms with Crippen molar-refractivity contribution in [1.29, 1.82) is 0 Å². The molecule has 2 aromatic rings. The zero-order chi connectivity index (χ0) is 17.0. The molecule has 5 nitrogen and oxygen atoms in total. The van der Waals surface area contributed by atoms with Crippen LogP contribution in [-0.2, 0) is 4.74 Å². The van der Waals surface area contributed by atoms with Crippen LogP contribution in [0.15, 0.2) is 34.0 Å². The Balaban J connectivity index is 2.48. The number of rotatable bonds is 4. The van der Waals surface area contributed by atoms with Gasteiger partial charge in [0.1, 0.15) is 5.82 Å². The molecule has 0 saturated heterocycles. The Bertz CT molecular complexity index is 813. The number of H-pyrrole nitrogens is 1. The number of hydrogen-bond acceptors (Lipinski definition) is 5. The Morgan fingerprint density at radius 2 is 2.04 bits per heavy atom. The molecule has 0 bridgehead atoms. The zero-order valence-corrected chi connectivity index (χ0v) is 13.5. The van der Waals surface area contributed by atoms with E-state index in [4.69, 9.17) is 4.74 Å². The highest BCUT2D eigenvalue weighted by molar-refractivity contribution is 7.80. The lowest BCUT2D eigenvalue weighted by molar-refractivity contribution is 0.0513. The minimum atomic E-state index is -0.664. The standard InChI is InChI=1S/C16H15FN2O3S/c1-3-22-16(21)13-14(23)12(15(20)19-18-13)8-9(2)10-4-6-11(17)7-5-10/h4-8H,3H2,1-2H3,(H2,19,20,23)/b9-8+. The molecule has 120 valence electrons. The molecule has 1 aromatic carbocycles. The molecule has 0 saturated carbocycles. The van der Waals surface area contributed by atoms with Gasteiger partial charge in [-0.3, -0.25) is 4.79 Å². The van der Waals surface area contributed by atoms with Crippen LogP contribution in [0, 0.1) is 5.82 Å². The van der Waals surface area contributed by atoms with Crippen LogP contribution in [0.4, 0.5) is 4.39 Å². The van der Waals surface area contributed by atoms with Gasteiger partial charge >= 0.3 is 5.97 Å². The molecular weight excluding hydrogens is 319 g/mol. The predicted octanol–water partition coefficient (Wildman–Crippen LogP) is 2.93. The van der Waals surface area contributed by atoms with Crippen LogP contribution in [-0.4, -0.2) is 22.8 Å². The van der Waals surface area contributed by atoms with Crippen LogP contribution in [0.3, 0.4) is 0 Å². The SMILES string of the molecule is CCOC(=O)c1n[nH]c(=O)c(/C=C(\C)c2ccc(F)cc2)c1S. The minimum Gasteiger partial charge on any atom is -0.461 e. The van der Waals surface area contributed by atoms with Crippen LogP contribution in [0.2, 0.25) is 0 Å². The first kappa shape index (κ1) is 17.0. The quantitative estimate of drug-likeness (QED) is 0.666. The second-order valence-electron chi connectivity index (χ2n) is 4.72. The number of hydrogen-bond donors (Lipinski definition) is 2. The van der Waals surface area contributed by atoms with Crippen LogP contribution in [0.25, 0.3) is 11.6 Å². The summed E-state index contributed by atoms with van der Waals surface area (Å²) in [6, 6.07) is 5.85. The molecule has 0 spiro atoms. The van der Waals surface area contributed by atoms with E-state index in [9.17, 15) is 14.0 Å². The Morgan fingerprint density at radius 3 is 2.65 bits per heavy atom. The summed E-state index contributed by atoms with van der Waals surface area (Å²) in [5, 5.41) is 5.94. The molecule has 7 heteroatoms. The van der Waals surface area contributed by atoms with Gasteiger partial charge in [0.05, 0.1) is 17.1 Å². The number of carbonyl (C=O) groups is 1. The Kier molecular flexibility index (Phi) is 5.33. The fourth-order valence-corrected chi connectivity index (χ4v) is 2.25. The molecule has 0 aliphatic carbocycles. The highest BCUT2D eigenvalue weighted by Crippen LogP contribution is 2.21. The molecule has 1 heterocycles. The van der Waals surface area contributed by atoms with Crippen molar-refractivity contribution in [2.24, 2.45) is 0 Å². The average molecular weight is 334 g/mol. The van der Waals surface area contributed by atoms with Crippen LogP contribution in [0.5, 0.6) is 0 Å². The lowest BCUT2D eigenvalue weighted by Gasteiger charge is -2.07. The fraction of sp³-hybridized carbons (Fsp3) is 0.188. The first-order valence-corrected chi connectivity index (χ1v) is 7.31. The van der Waals surface area contributed by atoms with Crippen LogP contribution >= 0.6 is 12.6 Å². The number of nitrogens with zero attached hydrogens (tertiary/aromatic N) is 1. The van der Waals surface area contributed by atoms with Gasteiger partial charge in [0.2, 0.25) is 0 Å². The van der Waals surface area contributed by atoms with Crippen molar-refractivity contribution in [3.8, 4) is 0 Å². The summed E-state index contributed by atoms with van der Waals surface area (Å²) in [5.74, 6) is -1.01. The van der Waals surface area contributed by atoms with E-state index in [1.165, 1.54) is 12.1 Å². The predicted molar refractivity (Wildman–Crippen MR) is 88.0 cm³/mol. The van der Waals surface area contributed by atoms with Gasteiger partial charge in [-0.1, -0.05) is 12.1 Å². The average Bonchev–Trinajstić information content (AvgIpc) is 2.52. The lowest BCUT2D eigenvalue weighted by Crippen LogP contribution is -2.19. The van der Waals surface area contributed by atoms with Gasteiger partial charge in [-0.05, 0) is 43.2 Å². The third-order valence-corrected chi connectivity index (χ3v) is 3.58. The van der Waals surface area contributed by atoms with Crippen LogP contribution in [0.1, 0.15) is 35.5 Å². The highest BCUT2D eigenvalue weighted by Gasteiger charge is 2.17. The zero-order valence-electron chi connectivity index (χ0n) is 12.6. The largest absolute Gasteiger partial charge is 0.461 e. The van der Waals surface area contributed by atoms with Gasteiger partial charge < -0.3 is 4.74 Å². The number of ether oxygens (including phenoxy) is 1. The Hall–Kier alpha value is -2.41. The van der Waals surface area contributed by atoms with Gasteiger partial charge in [-0.25, -0.2) is 14.3 Å². The van der Waals surface area contributed by atoms with Crippen molar-refractivity contribution in [3.63, 3.8) is 0 Å². The summed E-state index contributed by atoms with van der Waals surface area (Å²) in [7, 11) is 0. The lowest BCUT2D eigenvalue weighted by atomic mass is 10.0. The number of esters is 1. The molecule has 1 aromatic heterocycles. The van der Waals surface area contributed by atoms with Crippen molar-refractivity contribution >= 4 is 30.2 Å². The van der Waals surface area contributed by atoms with E-state index in [1.807, 2.05) is 0 Å². The molecule has 0 aliphatic heterocycles. The molecule has 0 unspecified atom stereocenters. The number of thiol groups is 1. The van der Waals surface area contributed by atoms with Gasteiger partial charge in [-0.2, -0.15) is 5.10 Å². The number of aromatic amines is 1. The summed E-state index contributed by atoms with van der Waals surface area (Å²) in [6.07, 6.45) is 1.57. The topological polar surface area (TPSA) is 72.0 Å². The summed E-state index contributed by atoms with van der Waals surface area (Å²) in [4.78, 5) is 23.9. The van der Waals surface area contributed by atoms with E-state index < -0.39 is 11.5 Å². The van der Waals surface area contributed by atoms with Crippen molar-refractivity contribution < 1.29 is 13.9 Å². The molecule has 2 rings (SSSR count). The maximum atomic E-state index is 13.0. The van der Waals surface area contributed by atoms with Gasteiger partial charge in [0, 0.05) is 0 Å². The second kappa shape index (κ2) is 7.23. The van der Waals surface area contributed by atoms with Crippen molar-refractivity contribution in [2.75, 3.05) is 6.61 Å². The van der Waals surface area contributed by atoms with Crippen molar-refractivity contribution in [3.05, 3.63) is 57.3 Å². The normalized spacial score (nSPS) is 11.4. The van der Waals surface area contributed by atoms with E-state index in [0.717, 1.165) is 5.56 Å². The number of nitrogens with one attached hydrogen (secondary N) is 1. The number of aromatic nitrogens is 2. The molecule has 1 N–H and O–H groups in total. The number of halogens is 1. The summed E-state index contributed by atoms with van der Waals surface area (Å²) >= 11 is 4.23. The number of allylic oxidation sites excluding steroid dienone is 1. The summed E-state index contributed by atoms with van der Waals surface area (Å²) in [5.41, 5.74) is 1.10. The maximum Gasteiger partial charge on any atom is 0.359 e. The molecular formula is C16H15FN2O3S. The van der Waals surface area contributed by atoms with Crippen molar-refractivity contribution in [2.45, 2.75) is 18.7 Å². The summed E-state index contributed by atoms with van der Waals surface area (Å²) < 4.78 is 17.8. The first-order valence-electron chi connectivity index (χ1n) is 6.87. The molecule has 0 aliphatic rings. The van der Waals surface area contributed by atoms with E-state index >= 15 is 0 Å². The third-order valence-electron chi connectivity index (χ3n) is 3.12. The highest BCUT2D eigenvalue weighted by atomic mass is 32.1. The maximum absolute atomic E-state index is 13.0. The van der Waals surface area contributed by atoms with E-state index in [2.05, 4.69) is 22.8 Å². The van der Waals surface area contributed by atoms with E-state index in [1.54, 1.807) is 32.1 Å². The van der Waals surface area contributed by atoms with E-state index in [-0.39, 0.29) is 28.6 Å². The molecule has 0 amide bonds. The van der Waals surface area contributed by atoms with E-state index in [0.29, 0.717) is 5.57 Å². The smallest absolute Gasteiger partial charge is 0.359 e. The Labute approximate surface area is 137 Å². The minimum absolute atomic E-state index is 0.0621. The second-order valence-corrected chi connectivity index (χ2v) is 5.17. The van der Waals surface area contributed by atoms with Gasteiger partial charge in [-0.15, -0.1) is 12.6 Å². The monoisotopic (exact) mass is 334 g/mol. The van der Waals surface area contributed by atoms with Crippen molar-refractivity contribution in [1.82, 2.24) is 10.2 Å². The molecule has 0 fully saturated rings.